The van der Waals surface area contributed by atoms with Crippen molar-refractivity contribution >= 4 is 55.9 Å². The van der Waals surface area contributed by atoms with Gasteiger partial charge >= 0.3 is 0 Å². The summed E-state index contributed by atoms with van der Waals surface area (Å²) < 4.78 is 4.98. The summed E-state index contributed by atoms with van der Waals surface area (Å²) in [5.74, 6) is 0. The molecule has 0 radical (unpaired) electrons. The van der Waals surface area contributed by atoms with Gasteiger partial charge in [0.1, 0.15) is 0 Å². The van der Waals surface area contributed by atoms with Crippen LogP contribution in [0.3, 0.4) is 0 Å². The van der Waals surface area contributed by atoms with Gasteiger partial charge in [-0.1, -0.05) is 140 Å². The van der Waals surface area contributed by atoms with Crippen LogP contribution in [-0.2, 0) is 0 Å². The number of hydrogen-bond donors (Lipinski definition) is 0. The van der Waals surface area contributed by atoms with Gasteiger partial charge in [0.2, 0.25) is 0 Å². The molecule has 0 spiro atoms. The topological polar surface area (TPSA) is 42.1 Å². The van der Waals surface area contributed by atoms with E-state index in [1.54, 1.807) is 0 Å². The van der Waals surface area contributed by atoms with E-state index in [9.17, 15) is 0 Å². The predicted octanol–water partition coefficient (Wildman–Crippen LogP) is 16.3. The van der Waals surface area contributed by atoms with Crippen LogP contribution in [0.1, 0.15) is 0 Å². The van der Waals surface area contributed by atoms with Crippen LogP contribution in [0, 0.1) is 0 Å². The van der Waals surface area contributed by atoms with Gasteiger partial charge < -0.3 is 18.9 Å². The lowest BCUT2D eigenvalue weighted by molar-refractivity contribution is 1.09. The van der Waals surface area contributed by atoms with Crippen LogP contribution in [-0.4, -0.2) is 19.1 Å². The molecule has 0 bridgehead atoms. The molecule has 0 N–H and O–H groups in total. The Labute approximate surface area is 393 Å². The van der Waals surface area contributed by atoms with Crippen molar-refractivity contribution in [3.63, 3.8) is 0 Å². The first-order valence-electron chi connectivity index (χ1n) is 23.1. The minimum Gasteiger partial charge on any atom is -0.309 e. The summed E-state index contributed by atoms with van der Waals surface area (Å²) in [6.07, 6.45) is 7.86. The van der Waals surface area contributed by atoms with Crippen LogP contribution < -0.4 is 9.80 Å². The molecule has 14 rings (SSSR count). The minimum atomic E-state index is 1.03. The van der Waals surface area contributed by atoms with Crippen molar-refractivity contribution in [2.24, 2.45) is 0 Å². The van der Waals surface area contributed by atoms with E-state index in [0.717, 1.165) is 107 Å². The second kappa shape index (κ2) is 15.2. The summed E-state index contributed by atoms with van der Waals surface area (Å²) in [5, 5.41) is 2.33. The Morgan fingerprint density at radius 3 is 1.32 bits per heavy atom. The van der Waals surface area contributed by atoms with Crippen molar-refractivity contribution in [1.82, 2.24) is 19.1 Å². The third-order valence-corrected chi connectivity index (χ3v) is 13.7. The molecule has 0 saturated carbocycles. The van der Waals surface area contributed by atoms with Crippen molar-refractivity contribution in [1.29, 1.82) is 0 Å². The summed E-state index contributed by atoms with van der Waals surface area (Å²) in [6.45, 7) is 0. The molecule has 0 aliphatic carbocycles. The summed E-state index contributed by atoms with van der Waals surface area (Å²) >= 11 is 0. The summed E-state index contributed by atoms with van der Waals surface area (Å²) in [7, 11) is 0. The Bertz CT molecular complexity index is 3690. The molecule has 2 aliphatic rings. The molecule has 4 aromatic heterocycles. The number of para-hydroxylation sites is 6. The number of aromatic nitrogens is 4. The first kappa shape index (κ1) is 38.1. The third-order valence-electron chi connectivity index (χ3n) is 13.7. The maximum atomic E-state index is 4.85. The molecule has 6 nitrogen and oxygen atoms in total. The number of anilines is 6. The van der Waals surface area contributed by atoms with Gasteiger partial charge in [0.15, 0.2) is 0 Å². The fourth-order valence-electron chi connectivity index (χ4n) is 11.0. The highest BCUT2D eigenvalue weighted by atomic mass is 15.2. The van der Waals surface area contributed by atoms with Crippen LogP contribution >= 0.6 is 0 Å². The molecule has 12 aromatic rings. The Morgan fingerprint density at radius 1 is 0.294 bits per heavy atom. The van der Waals surface area contributed by atoms with E-state index in [2.05, 4.69) is 237 Å². The second-order valence-corrected chi connectivity index (χ2v) is 17.4. The number of rotatable bonds is 5. The van der Waals surface area contributed by atoms with E-state index in [1.807, 2.05) is 24.8 Å². The van der Waals surface area contributed by atoms with Crippen molar-refractivity contribution in [3.05, 3.63) is 243 Å². The van der Waals surface area contributed by atoms with Gasteiger partial charge in [-0.2, -0.15) is 0 Å². The van der Waals surface area contributed by atoms with Crippen molar-refractivity contribution < 1.29 is 0 Å². The molecule has 6 heterocycles. The maximum absolute atomic E-state index is 4.85. The Kier molecular flexibility index (Phi) is 8.48. The zero-order valence-corrected chi connectivity index (χ0v) is 36.8. The van der Waals surface area contributed by atoms with Gasteiger partial charge in [0.25, 0.3) is 0 Å². The number of pyridine rings is 2. The largest absolute Gasteiger partial charge is 0.309 e. The average Bonchev–Trinajstić information content (AvgIpc) is 3.85. The molecule has 0 atom stereocenters. The monoisotopic (exact) mass is 868 g/mol. The Balaban J connectivity index is 1.11. The molecule has 0 fully saturated rings. The van der Waals surface area contributed by atoms with Crippen molar-refractivity contribution in [2.75, 3.05) is 9.80 Å². The SMILES string of the molecule is c1ccc(-c2cc(-n3c4c(c5ccccc53)-c3ccccc3N(c3ccccc3)c3ccccc3-4)cc(-n3c4c(c5ccccc53)-c3cnccc3N(c3ccccc3)c3ccncc3-4)c2)cc1. The summed E-state index contributed by atoms with van der Waals surface area (Å²) in [4.78, 5) is 14.4. The van der Waals surface area contributed by atoms with Crippen molar-refractivity contribution in [2.45, 2.75) is 0 Å². The standard InChI is InChI=1S/C62H40N6/c1-4-18-41(19-5-1)42-36-45(67-54-29-15-11-25-48(54)59-47-24-10-14-28-53(47)65(43-20-6-2-7-21-43)56-31-17-13-27-50(56)61(59)67)38-46(37-42)68-55-30-16-12-26-49(55)60-51-39-63-34-32-57(51)66(44-22-8-3-9-23-44)58-33-35-64-40-52(58)62(60)68/h1-40H. The van der Waals surface area contributed by atoms with Crippen LogP contribution in [0.5, 0.6) is 0 Å². The van der Waals surface area contributed by atoms with Gasteiger partial charge in [-0.25, -0.2) is 0 Å². The molecule has 318 valence electrons. The van der Waals surface area contributed by atoms with Crippen LogP contribution in [0.4, 0.5) is 34.1 Å². The van der Waals surface area contributed by atoms with E-state index >= 15 is 0 Å². The molecular formula is C62H40N6. The quantitative estimate of drug-likeness (QED) is 0.173. The molecule has 0 amide bonds. The maximum Gasteiger partial charge on any atom is 0.0657 e. The molecular weight excluding hydrogens is 829 g/mol. The van der Waals surface area contributed by atoms with Crippen LogP contribution in [0.2, 0.25) is 0 Å². The lowest BCUT2D eigenvalue weighted by Gasteiger charge is -2.27. The van der Waals surface area contributed by atoms with Gasteiger partial charge in [0.05, 0.1) is 45.2 Å². The molecule has 6 heteroatoms. The smallest absolute Gasteiger partial charge is 0.0657 e. The summed E-state index contributed by atoms with van der Waals surface area (Å²) in [6, 6.07) is 79.0. The Morgan fingerprint density at radius 2 is 0.721 bits per heavy atom. The average molecular weight is 869 g/mol. The van der Waals surface area contributed by atoms with Gasteiger partial charge in [-0.05, 0) is 90.0 Å². The normalized spacial score (nSPS) is 12.4. The lowest BCUT2D eigenvalue weighted by atomic mass is 9.98. The fraction of sp³-hybridized carbons (Fsp3) is 0. The number of nitrogens with zero attached hydrogens (tertiary/aromatic N) is 6. The fourth-order valence-corrected chi connectivity index (χ4v) is 11.0. The summed E-state index contributed by atoms with van der Waals surface area (Å²) in [5.41, 5.74) is 22.0. The zero-order chi connectivity index (χ0) is 44.7. The highest BCUT2D eigenvalue weighted by Gasteiger charge is 2.34. The van der Waals surface area contributed by atoms with Crippen molar-refractivity contribution in [3.8, 4) is 67.3 Å². The molecule has 68 heavy (non-hydrogen) atoms. The van der Waals surface area contributed by atoms with Gasteiger partial charge in [-0.15, -0.1) is 0 Å². The Hall–Kier alpha value is -9.26. The number of hydrogen-bond acceptors (Lipinski definition) is 4. The first-order chi connectivity index (χ1) is 33.8. The molecule has 0 saturated heterocycles. The minimum absolute atomic E-state index is 1.03. The van der Waals surface area contributed by atoms with E-state index in [0.29, 0.717) is 0 Å². The number of fused-ring (bicyclic) bond motifs is 14. The van der Waals surface area contributed by atoms with Gasteiger partial charge in [-0.3, -0.25) is 9.97 Å². The number of benzene rings is 8. The molecule has 0 unspecified atom stereocenters. The van der Waals surface area contributed by atoms with Crippen LogP contribution in [0.15, 0.2) is 243 Å². The molecule has 2 aliphatic heterocycles. The highest BCUT2D eigenvalue weighted by Crippen LogP contribution is 2.56. The molecule has 8 aromatic carbocycles. The lowest BCUT2D eigenvalue weighted by Crippen LogP contribution is -2.11. The van der Waals surface area contributed by atoms with E-state index in [1.165, 1.54) is 16.5 Å². The highest BCUT2D eigenvalue weighted by molar-refractivity contribution is 6.14. The van der Waals surface area contributed by atoms with E-state index in [-0.39, 0.29) is 0 Å². The van der Waals surface area contributed by atoms with E-state index in [4.69, 9.17) is 9.97 Å². The predicted molar refractivity (Wildman–Crippen MR) is 279 cm³/mol. The zero-order valence-electron chi connectivity index (χ0n) is 36.8. The second-order valence-electron chi connectivity index (χ2n) is 17.4. The third kappa shape index (κ3) is 5.64. The first-order valence-corrected chi connectivity index (χ1v) is 23.1. The van der Waals surface area contributed by atoms with E-state index < -0.39 is 0 Å². The van der Waals surface area contributed by atoms with Crippen LogP contribution in [0.25, 0.3) is 89.1 Å². The van der Waals surface area contributed by atoms with Gasteiger partial charge in [0, 0.05) is 91.7 Å².